The van der Waals surface area contributed by atoms with Gasteiger partial charge in [-0.3, -0.25) is 0 Å². The first-order valence-electron chi connectivity index (χ1n) is 10.0. The van der Waals surface area contributed by atoms with E-state index in [1.165, 1.54) is 30.5 Å². The van der Waals surface area contributed by atoms with Crippen LogP contribution in [-0.4, -0.2) is 18.0 Å². The van der Waals surface area contributed by atoms with Crippen molar-refractivity contribution in [1.29, 1.82) is 0 Å². The van der Waals surface area contributed by atoms with Gasteiger partial charge in [0.1, 0.15) is 11.6 Å². The predicted molar refractivity (Wildman–Crippen MR) is 116 cm³/mol. The number of aromatic nitrogens is 2. The summed E-state index contributed by atoms with van der Waals surface area (Å²) < 4.78 is 55.9. The monoisotopic (exact) mass is 440 g/mol. The van der Waals surface area contributed by atoms with E-state index in [9.17, 15) is 17.2 Å². The molecule has 0 amide bonds. The van der Waals surface area contributed by atoms with Gasteiger partial charge in [-0.2, -0.15) is 0 Å². The summed E-state index contributed by atoms with van der Waals surface area (Å²) in [6.07, 6.45) is 2.62. The molecule has 160 valence electrons. The number of nitrogens with zero attached hydrogens (tertiary/aromatic N) is 2. The van der Waals surface area contributed by atoms with Crippen LogP contribution >= 0.6 is 0 Å². The highest BCUT2D eigenvalue weighted by atomic mass is 32.2. The molecule has 2 aromatic heterocycles. The predicted octanol–water partition coefficient (Wildman–Crippen LogP) is 5.46. The molecule has 7 heteroatoms. The molecule has 4 rings (SSSR count). The first kappa shape index (κ1) is 21.2. The Hall–Kier alpha value is -3.06. The minimum atomic E-state index is -3.94. The average Bonchev–Trinajstić information content (AvgIpc) is 3.00. The van der Waals surface area contributed by atoms with Gasteiger partial charge in [-0.25, -0.2) is 22.2 Å². The van der Waals surface area contributed by atoms with Crippen molar-refractivity contribution in [3.63, 3.8) is 0 Å². The van der Waals surface area contributed by atoms with Crippen molar-refractivity contribution in [2.45, 2.75) is 43.2 Å². The highest BCUT2D eigenvalue weighted by Gasteiger charge is 2.24. The van der Waals surface area contributed by atoms with Gasteiger partial charge in [0.25, 0.3) is 0 Å². The number of rotatable bonds is 6. The largest absolute Gasteiger partial charge is 0.345 e. The third-order valence-electron chi connectivity index (χ3n) is 5.46. The second kappa shape index (κ2) is 8.23. The maximum Gasteiger partial charge on any atom is 0.224 e. The molecule has 0 saturated carbocycles. The molecule has 0 aliphatic carbocycles. The summed E-state index contributed by atoms with van der Waals surface area (Å²) in [4.78, 5) is 4.13. The Balaban J connectivity index is 1.86. The molecular weight excluding hydrogens is 418 g/mol. The summed E-state index contributed by atoms with van der Waals surface area (Å²) in [6, 6.07) is 12.8. The third kappa shape index (κ3) is 3.85. The van der Waals surface area contributed by atoms with Gasteiger partial charge in [0.05, 0.1) is 4.90 Å². The number of pyridine rings is 1. The molecule has 0 radical (unpaired) electrons. The number of hydrogen-bond donors (Lipinski definition) is 0. The SMILES string of the molecule is CCCn1c(C)c(Cc2cccnc2S(=O)(=O)c2ccc(F)cc2)c2cc(F)ccc21. The maximum atomic E-state index is 14.1. The number of sulfone groups is 1. The Morgan fingerprint density at radius 1 is 1.00 bits per heavy atom. The minimum Gasteiger partial charge on any atom is -0.345 e. The summed E-state index contributed by atoms with van der Waals surface area (Å²) in [5.74, 6) is -0.852. The quantitative estimate of drug-likeness (QED) is 0.374. The fourth-order valence-corrected chi connectivity index (χ4v) is 5.38. The second-order valence-electron chi connectivity index (χ2n) is 7.48. The molecule has 0 saturated heterocycles. The number of fused-ring (bicyclic) bond motifs is 1. The second-order valence-corrected chi connectivity index (χ2v) is 9.34. The lowest BCUT2D eigenvalue weighted by atomic mass is 10.0. The van der Waals surface area contributed by atoms with E-state index in [4.69, 9.17) is 0 Å². The average molecular weight is 441 g/mol. The zero-order valence-electron chi connectivity index (χ0n) is 17.3. The van der Waals surface area contributed by atoms with Crippen molar-refractivity contribution in [3.8, 4) is 0 Å². The van der Waals surface area contributed by atoms with Crippen LogP contribution < -0.4 is 0 Å². The van der Waals surface area contributed by atoms with E-state index >= 15 is 0 Å². The van der Waals surface area contributed by atoms with E-state index in [-0.39, 0.29) is 22.2 Å². The number of benzene rings is 2. The maximum absolute atomic E-state index is 14.1. The van der Waals surface area contributed by atoms with Gasteiger partial charge in [0.2, 0.25) is 9.84 Å². The number of aryl methyl sites for hydroxylation is 1. The van der Waals surface area contributed by atoms with Crippen LogP contribution in [0.5, 0.6) is 0 Å². The van der Waals surface area contributed by atoms with Crippen LogP contribution in [0.25, 0.3) is 10.9 Å². The topological polar surface area (TPSA) is 52.0 Å². The molecular formula is C24H22F2N2O2S. The zero-order chi connectivity index (χ0) is 22.2. The van der Waals surface area contributed by atoms with Crippen molar-refractivity contribution in [3.05, 3.63) is 89.2 Å². The van der Waals surface area contributed by atoms with Gasteiger partial charge in [0.15, 0.2) is 5.03 Å². The molecule has 0 unspecified atom stereocenters. The van der Waals surface area contributed by atoms with Crippen LogP contribution in [-0.2, 0) is 22.8 Å². The van der Waals surface area contributed by atoms with Crippen LogP contribution in [0.15, 0.2) is 70.7 Å². The van der Waals surface area contributed by atoms with Crippen molar-refractivity contribution in [2.75, 3.05) is 0 Å². The van der Waals surface area contributed by atoms with Gasteiger partial charge >= 0.3 is 0 Å². The van der Waals surface area contributed by atoms with E-state index in [2.05, 4.69) is 16.5 Å². The van der Waals surface area contributed by atoms with Crippen molar-refractivity contribution < 1.29 is 17.2 Å². The normalized spacial score (nSPS) is 11.9. The van der Waals surface area contributed by atoms with Crippen LogP contribution in [0, 0.1) is 18.6 Å². The number of halogens is 2. The molecule has 0 aliphatic heterocycles. The summed E-state index contributed by atoms with van der Waals surface area (Å²) in [5, 5.41) is 0.689. The highest BCUT2D eigenvalue weighted by Crippen LogP contribution is 2.31. The summed E-state index contributed by atoms with van der Waals surface area (Å²) in [6.45, 7) is 4.82. The van der Waals surface area contributed by atoms with Gasteiger partial charge in [-0.05, 0) is 73.0 Å². The molecule has 4 aromatic rings. The van der Waals surface area contributed by atoms with Gasteiger partial charge in [-0.15, -0.1) is 0 Å². The minimum absolute atomic E-state index is 0.0231. The van der Waals surface area contributed by atoms with Crippen molar-refractivity contribution >= 4 is 20.7 Å². The molecule has 2 heterocycles. The van der Waals surface area contributed by atoms with E-state index in [0.29, 0.717) is 5.56 Å². The van der Waals surface area contributed by atoms with E-state index in [0.717, 1.165) is 47.3 Å². The lowest BCUT2D eigenvalue weighted by Crippen LogP contribution is -2.09. The van der Waals surface area contributed by atoms with E-state index in [1.807, 2.05) is 6.92 Å². The summed E-state index contributed by atoms with van der Waals surface area (Å²) in [7, 11) is -3.94. The Morgan fingerprint density at radius 2 is 1.71 bits per heavy atom. The van der Waals surface area contributed by atoms with Gasteiger partial charge < -0.3 is 4.57 Å². The first-order valence-corrected chi connectivity index (χ1v) is 11.5. The molecule has 0 bridgehead atoms. The van der Waals surface area contributed by atoms with E-state index in [1.54, 1.807) is 18.2 Å². The molecule has 0 atom stereocenters. The summed E-state index contributed by atoms with van der Waals surface area (Å²) in [5.41, 5.74) is 3.26. The lowest BCUT2D eigenvalue weighted by Gasteiger charge is -2.11. The standard InChI is InChI=1S/C24H22F2N2O2S/c1-3-13-28-16(2)21(22-15-19(26)8-11-23(22)28)14-17-5-4-12-27-24(17)31(29,30)20-9-6-18(25)7-10-20/h4-12,15H,3,13-14H2,1-2H3. The smallest absolute Gasteiger partial charge is 0.224 e. The summed E-state index contributed by atoms with van der Waals surface area (Å²) >= 11 is 0. The van der Waals surface area contributed by atoms with E-state index < -0.39 is 15.7 Å². The Morgan fingerprint density at radius 3 is 2.42 bits per heavy atom. The fraction of sp³-hybridized carbons (Fsp3) is 0.208. The van der Waals surface area contributed by atoms with Crippen LogP contribution in [0.1, 0.15) is 30.2 Å². The first-order chi connectivity index (χ1) is 14.8. The molecule has 0 spiro atoms. The highest BCUT2D eigenvalue weighted by molar-refractivity contribution is 7.91. The Kier molecular flexibility index (Phi) is 5.62. The molecule has 4 nitrogen and oxygen atoms in total. The Labute approximate surface area is 180 Å². The van der Waals surface area contributed by atoms with Crippen molar-refractivity contribution in [1.82, 2.24) is 9.55 Å². The zero-order valence-corrected chi connectivity index (χ0v) is 18.1. The molecule has 0 N–H and O–H groups in total. The lowest BCUT2D eigenvalue weighted by molar-refractivity contribution is 0.589. The molecule has 0 aliphatic rings. The Bertz CT molecular complexity index is 1360. The molecule has 0 fully saturated rings. The van der Waals surface area contributed by atoms with Gasteiger partial charge in [-0.1, -0.05) is 13.0 Å². The van der Waals surface area contributed by atoms with Crippen LogP contribution in [0.2, 0.25) is 0 Å². The molecule has 2 aromatic carbocycles. The van der Waals surface area contributed by atoms with Crippen molar-refractivity contribution in [2.24, 2.45) is 0 Å². The molecule has 31 heavy (non-hydrogen) atoms. The van der Waals surface area contributed by atoms with Gasteiger partial charge in [0, 0.05) is 35.8 Å². The van der Waals surface area contributed by atoms with Crippen LogP contribution in [0.3, 0.4) is 0 Å². The van der Waals surface area contributed by atoms with Crippen LogP contribution in [0.4, 0.5) is 8.78 Å². The fourth-order valence-electron chi connectivity index (χ4n) is 3.98. The third-order valence-corrected chi connectivity index (χ3v) is 7.23. The number of hydrogen-bond acceptors (Lipinski definition) is 3.